The van der Waals surface area contributed by atoms with Crippen LogP contribution in [0.5, 0.6) is 0 Å². The van der Waals surface area contributed by atoms with Crippen molar-refractivity contribution < 1.29 is 13.2 Å². The molecule has 114 valence electrons. The van der Waals surface area contributed by atoms with Crippen molar-refractivity contribution in [2.45, 2.75) is 20.3 Å². The van der Waals surface area contributed by atoms with Crippen molar-refractivity contribution in [2.24, 2.45) is 5.73 Å². The fourth-order valence-electron chi connectivity index (χ4n) is 1.79. The van der Waals surface area contributed by atoms with Gasteiger partial charge in [0, 0.05) is 13.2 Å². The van der Waals surface area contributed by atoms with Gasteiger partial charge in [-0.05, 0) is 38.9 Å². The third-order valence-corrected chi connectivity index (χ3v) is 4.66. The predicted molar refractivity (Wildman–Crippen MR) is 82.5 cm³/mol. The van der Waals surface area contributed by atoms with E-state index >= 15 is 0 Å². The number of rotatable bonds is 9. The number of benzene rings is 1. The Bertz CT molecular complexity index is 486. The molecule has 0 bridgehead atoms. The van der Waals surface area contributed by atoms with E-state index in [9.17, 15) is 8.42 Å². The number of hydrogen-bond donors (Lipinski definition) is 1. The number of aryl methyl sites for hydroxylation is 1. The van der Waals surface area contributed by atoms with Crippen LogP contribution in [0.25, 0.3) is 0 Å². The van der Waals surface area contributed by atoms with Crippen LogP contribution >= 0.6 is 0 Å². The monoisotopic (exact) mass is 300 g/mol. The van der Waals surface area contributed by atoms with Crippen molar-refractivity contribution in [3.8, 4) is 0 Å². The van der Waals surface area contributed by atoms with E-state index in [1.165, 1.54) is 4.31 Å². The molecule has 0 aliphatic rings. The largest absolute Gasteiger partial charge is 0.381 e. The van der Waals surface area contributed by atoms with Crippen LogP contribution in [0.3, 0.4) is 0 Å². The minimum Gasteiger partial charge on any atom is -0.381 e. The fourth-order valence-corrected chi connectivity index (χ4v) is 3.19. The molecular weight excluding hydrogens is 276 g/mol. The van der Waals surface area contributed by atoms with Crippen molar-refractivity contribution in [3.63, 3.8) is 0 Å². The van der Waals surface area contributed by atoms with Crippen LogP contribution in [-0.2, 0) is 14.8 Å². The summed E-state index contributed by atoms with van der Waals surface area (Å²) in [5.74, 6) is -0.0146. The summed E-state index contributed by atoms with van der Waals surface area (Å²) in [6, 6.07) is 7.46. The van der Waals surface area contributed by atoms with Gasteiger partial charge in [0.1, 0.15) is 0 Å². The Morgan fingerprint density at radius 1 is 1.25 bits per heavy atom. The molecule has 2 N–H and O–H groups in total. The quantitative estimate of drug-likeness (QED) is 0.702. The second kappa shape index (κ2) is 8.24. The molecule has 0 aromatic heterocycles. The molecule has 1 aromatic rings. The molecule has 6 heteroatoms. The fraction of sp³-hybridized carbons (Fsp3) is 0.571. The van der Waals surface area contributed by atoms with Gasteiger partial charge < -0.3 is 10.5 Å². The molecule has 0 heterocycles. The van der Waals surface area contributed by atoms with E-state index in [0.29, 0.717) is 31.8 Å². The molecule has 0 aliphatic carbocycles. The van der Waals surface area contributed by atoms with Gasteiger partial charge in [0.15, 0.2) is 0 Å². The smallest absolute Gasteiger partial charge is 0.237 e. The van der Waals surface area contributed by atoms with E-state index in [1.54, 1.807) is 0 Å². The van der Waals surface area contributed by atoms with E-state index < -0.39 is 10.0 Å². The highest BCUT2D eigenvalue weighted by atomic mass is 32.2. The minimum absolute atomic E-state index is 0.0146. The Balaban J connectivity index is 2.90. The Hall–Kier alpha value is -1.11. The first-order valence-electron chi connectivity index (χ1n) is 6.86. The van der Waals surface area contributed by atoms with Gasteiger partial charge in [0.25, 0.3) is 0 Å². The molecule has 1 rings (SSSR count). The van der Waals surface area contributed by atoms with Crippen LogP contribution in [0.4, 0.5) is 5.69 Å². The summed E-state index contributed by atoms with van der Waals surface area (Å²) in [6.07, 6.45) is 0.627. The average Bonchev–Trinajstić information content (AvgIpc) is 2.41. The van der Waals surface area contributed by atoms with E-state index in [2.05, 4.69) is 0 Å². The summed E-state index contributed by atoms with van der Waals surface area (Å²) in [5, 5.41) is 0. The molecule has 0 spiro atoms. The Morgan fingerprint density at radius 2 is 1.90 bits per heavy atom. The standard InChI is InChI=1S/C14H24N2O3S/c1-3-19-11-12-20(17,18)16(10-4-9-15)14-7-5-13(2)6-8-14/h5-8H,3-4,9-12,15H2,1-2H3. The van der Waals surface area contributed by atoms with E-state index in [4.69, 9.17) is 10.5 Å². The molecule has 1 aromatic carbocycles. The lowest BCUT2D eigenvalue weighted by Gasteiger charge is -2.24. The average molecular weight is 300 g/mol. The van der Waals surface area contributed by atoms with Gasteiger partial charge in [-0.1, -0.05) is 17.7 Å². The zero-order valence-electron chi connectivity index (χ0n) is 12.2. The molecule has 0 saturated carbocycles. The lowest BCUT2D eigenvalue weighted by molar-refractivity contribution is 0.163. The highest BCUT2D eigenvalue weighted by molar-refractivity contribution is 7.92. The van der Waals surface area contributed by atoms with Crippen LogP contribution in [0, 0.1) is 6.92 Å². The van der Waals surface area contributed by atoms with Gasteiger partial charge in [0.05, 0.1) is 18.0 Å². The first kappa shape index (κ1) is 16.9. The van der Waals surface area contributed by atoms with E-state index in [1.807, 2.05) is 38.1 Å². The number of nitrogens with two attached hydrogens (primary N) is 1. The van der Waals surface area contributed by atoms with Crippen molar-refractivity contribution in [3.05, 3.63) is 29.8 Å². The molecule has 5 nitrogen and oxygen atoms in total. The van der Waals surface area contributed by atoms with Gasteiger partial charge in [-0.25, -0.2) is 8.42 Å². The number of ether oxygens (including phenoxy) is 1. The molecule has 20 heavy (non-hydrogen) atoms. The lowest BCUT2D eigenvalue weighted by atomic mass is 10.2. The Kier molecular flexibility index (Phi) is 6.98. The Labute approximate surface area is 121 Å². The van der Waals surface area contributed by atoms with Crippen LogP contribution < -0.4 is 10.0 Å². The molecule has 0 fully saturated rings. The number of anilines is 1. The first-order valence-corrected chi connectivity index (χ1v) is 8.47. The molecule has 0 amide bonds. The maximum absolute atomic E-state index is 12.4. The summed E-state index contributed by atoms with van der Waals surface area (Å²) in [7, 11) is -3.38. The third-order valence-electron chi connectivity index (χ3n) is 2.91. The molecule has 0 unspecified atom stereocenters. The van der Waals surface area contributed by atoms with Gasteiger partial charge >= 0.3 is 0 Å². The second-order valence-corrected chi connectivity index (χ2v) is 6.58. The highest BCUT2D eigenvalue weighted by Gasteiger charge is 2.21. The summed E-state index contributed by atoms with van der Waals surface area (Å²) >= 11 is 0. The van der Waals surface area contributed by atoms with Crippen LogP contribution in [0.15, 0.2) is 24.3 Å². The number of nitrogens with zero attached hydrogens (tertiary/aromatic N) is 1. The Morgan fingerprint density at radius 3 is 2.45 bits per heavy atom. The lowest BCUT2D eigenvalue weighted by Crippen LogP contribution is -2.36. The summed E-state index contributed by atoms with van der Waals surface area (Å²) < 4.78 is 31.4. The minimum atomic E-state index is -3.38. The summed E-state index contributed by atoms with van der Waals surface area (Å²) in [6.45, 7) is 5.40. The van der Waals surface area contributed by atoms with Crippen LogP contribution in [0.1, 0.15) is 18.9 Å². The third kappa shape index (κ3) is 5.11. The van der Waals surface area contributed by atoms with E-state index in [-0.39, 0.29) is 12.4 Å². The van der Waals surface area contributed by atoms with E-state index in [0.717, 1.165) is 5.56 Å². The number of hydrogen-bond acceptors (Lipinski definition) is 4. The first-order chi connectivity index (χ1) is 9.51. The van der Waals surface area contributed by atoms with Crippen molar-refractivity contribution in [2.75, 3.05) is 36.4 Å². The SMILES string of the molecule is CCOCCS(=O)(=O)N(CCCN)c1ccc(C)cc1. The van der Waals surface area contributed by atoms with Crippen molar-refractivity contribution >= 4 is 15.7 Å². The molecule has 0 atom stereocenters. The molecular formula is C14H24N2O3S. The number of sulfonamides is 1. The molecule has 0 aliphatic heterocycles. The molecule has 0 saturated heterocycles. The van der Waals surface area contributed by atoms with Gasteiger partial charge in [0.2, 0.25) is 10.0 Å². The molecule has 0 radical (unpaired) electrons. The van der Waals surface area contributed by atoms with Crippen LogP contribution in [0.2, 0.25) is 0 Å². The van der Waals surface area contributed by atoms with Gasteiger partial charge in [-0.3, -0.25) is 4.31 Å². The summed E-state index contributed by atoms with van der Waals surface area (Å²) in [5.41, 5.74) is 7.28. The highest BCUT2D eigenvalue weighted by Crippen LogP contribution is 2.19. The maximum Gasteiger partial charge on any atom is 0.237 e. The second-order valence-electron chi connectivity index (χ2n) is 4.56. The maximum atomic E-state index is 12.4. The van der Waals surface area contributed by atoms with Crippen molar-refractivity contribution in [1.82, 2.24) is 0 Å². The normalized spacial score (nSPS) is 11.6. The van der Waals surface area contributed by atoms with Crippen LogP contribution in [-0.4, -0.2) is 40.5 Å². The van der Waals surface area contributed by atoms with Crippen molar-refractivity contribution in [1.29, 1.82) is 0 Å². The van der Waals surface area contributed by atoms with Gasteiger partial charge in [-0.2, -0.15) is 0 Å². The van der Waals surface area contributed by atoms with Gasteiger partial charge in [-0.15, -0.1) is 0 Å². The zero-order chi connectivity index (χ0) is 15.0. The summed E-state index contributed by atoms with van der Waals surface area (Å²) in [4.78, 5) is 0. The zero-order valence-corrected chi connectivity index (χ0v) is 13.0. The predicted octanol–water partition coefficient (Wildman–Crippen LogP) is 1.52. The topological polar surface area (TPSA) is 72.6 Å².